The molecule has 13 heavy (non-hydrogen) atoms. The first kappa shape index (κ1) is 9.78. The van der Waals surface area contributed by atoms with Gasteiger partial charge in [-0.2, -0.15) is 0 Å². The Hall–Kier alpha value is -1.31. The predicted octanol–water partition coefficient (Wildman–Crippen LogP) is 2.52. The van der Waals surface area contributed by atoms with Crippen LogP contribution in [-0.4, -0.2) is 5.91 Å². The lowest BCUT2D eigenvalue weighted by Crippen LogP contribution is -2.03. The summed E-state index contributed by atoms with van der Waals surface area (Å²) in [6.45, 7) is 6.03. The van der Waals surface area contributed by atoms with Crippen LogP contribution in [-0.2, 0) is 11.2 Å². The van der Waals surface area contributed by atoms with Gasteiger partial charge in [-0.1, -0.05) is 26.0 Å². The highest BCUT2D eigenvalue weighted by Gasteiger charge is 2.17. The molecule has 0 fully saturated rings. The first-order valence-corrected chi connectivity index (χ1v) is 4.66. The molecule has 1 aromatic carbocycles. The maximum Gasteiger partial charge on any atom is 0.228 e. The van der Waals surface area contributed by atoms with Crippen LogP contribution in [0.2, 0.25) is 0 Å². The van der Waals surface area contributed by atoms with E-state index in [0.717, 1.165) is 11.3 Å². The lowest BCUT2D eigenvalue weighted by molar-refractivity contribution is -0.115. The van der Waals surface area contributed by atoms with Gasteiger partial charge >= 0.3 is 0 Å². The molecule has 2 nitrogen and oxygen atoms in total. The molecule has 1 aliphatic rings. The average molecular weight is 177 g/mol. The van der Waals surface area contributed by atoms with E-state index >= 15 is 0 Å². The minimum absolute atomic E-state index is 0.106. The number of fused-ring (bicyclic) bond motifs is 1. The molecule has 1 aliphatic heterocycles. The number of nitrogens with one attached hydrogen (secondary N) is 1. The molecule has 0 radical (unpaired) electrons. The van der Waals surface area contributed by atoms with Gasteiger partial charge in [0.2, 0.25) is 5.91 Å². The van der Waals surface area contributed by atoms with Gasteiger partial charge in [-0.25, -0.2) is 0 Å². The second-order valence-corrected chi connectivity index (χ2v) is 2.83. The lowest BCUT2D eigenvalue weighted by atomic mass is 10.1. The highest BCUT2D eigenvalue weighted by molar-refractivity contribution is 5.99. The van der Waals surface area contributed by atoms with E-state index in [2.05, 4.69) is 5.32 Å². The Bertz CT molecular complexity index is 318. The van der Waals surface area contributed by atoms with Crippen molar-refractivity contribution in [2.75, 3.05) is 5.32 Å². The number of hydrogen-bond acceptors (Lipinski definition) is 1. The summed E-state index contributed by atoms with van der Waals surface area (Å²) in [6, 6.07) is 5.92. The van der Waals surface area contributed by atoms with Crippen LogP contribution in [0.1, 0.15) is 25.0 Å². The van der Waals surface area contributed by atoms with E-state index in [1.807, 2.05) is 39.0 Å². The SMILES string of the molecule is CC.Cc1cccc2c1CC(=O)N2. The van der Waals surface area contributed by atoms with Gasteiger partial charge in [0, 0.05) is 5.69 Å². The molecule has 70 valence electrons. The fourth-order valence-electron chi connectivity index (χ4n) is 1.41. The van der Waals surface area contributed by atoms with E-state index in [4.69, 9.17) is 0 Å². The number of amides is 1. The third-order valence-electron chi connectivity index (χ3n) is 2.02. The van der Waals surface area contributed by atoms with Crippen molar-refractivity contribution in [3.8, 4) is 0 Å². The van der Waals surface area contributed by atoms with Crippen molar-refractivity contribution in [2.24, 2.45) is 0 Å². The third kappa shape index (κ3) is 1.89. The van der Waals surface area contributed by atoms with Crippen molar-refractivity contribution in [2.45, 2.75) is 27.2 Å². The number of carbonyl (C=O) groups excluding carboxylic acids is 1. The summed E-state index contributed by atoms with van der Waals surface area (Å²) in [7, 11) is 0. The fraction of sp³-hybridized carbons (Fsp3) is 0.364. The molecular formula is C11H15NO. The first-order chi connectivity index (χ1) is 6.27. The number of hydrogen-bond donors (Lipinski definition) is 1. The average Bonchev–Trinajstić information content (AvgIpc) is 2.51. The van der Waals surface area contributed by atoms with E-state index in [9.17, 15) is 4.79 Å². The van der Waals surface area contributed by atoms with Gasteiger partial charge in [0.1, 0.15) is 0 Å². The Morgan fingerprint density at radius 1 is 1.31 bits per heavy atom. The first-order valence-electron chi connectivity index (χ1n) is 4.66. The summed E-state index contributed by atoms with van der Waals surface area (Å²) in [6.07, 6.45) is 0.544. The summed E-state index contributed by atoms with van der Waals surface area (Å²) in [5.41, 5.74) is 3.33. The van der Waals surface area contributed by atoms with Crippen molar-refractivity contribution in [3.63, 3.8) is 0 Å². The van der Waals surface area contributed by atoms with Crippen LogP contribution in [0.3, 0.4) is 0 Å². The Labute approximate surface area is 79.0 Å². The Morgan fingerprint density at radius 3 is 2.62 bits per heavy atom. The normalized spacial score (nSPS) is 12.7. The number of anilines is 1. The zero-order chi connectivity index (χ0) is 9.84. The number of carbonyl (C=O) groups is 1. The van der Waals surface area contributed by atoms with Crippen LogP contribution in [0.15, 0.2) is 18.2 Å². The Morgan fingerprint density at radius 2 is 2.00 bits per heavy atom. The number of rotatable bonds is 0. The smallest absolute Gasteiger partial charge is 0.228 e. The zero-order valence-corrected chi connectivity index (χ0v) is 8.35. The van der Waals surface area contributed by atoms with Gasteiger partial charge in [0.05, 0.1) is 6.42 Å². The highest BCUT2D eigenvalue weighted by Crippen LogP contribution is 2.24. The molecule has 0 aliphatic carbocycles. The quantitative estimate of drug-likeness (QED) is 0.648. The maximum atomic E-state index is 10.9. The lowest BCUT2D eigenvalue weighted by Gasteiger charge is -1.99. The van der Waals surface area contributed by atoms with Crippen molar-refractivity contribution >= 4 is 11.6 Å². The minimum Gasteiger partial charge on any atom is -0.326 e. The molecule has 0 aromatic heterocycles. The summed E-state index contributed by atoms with van der Waals surface area (Å²) >= 11 is 0. The molecule has 1 heterocycles. The fourth-order valence-corrected chi connectivity index (χ4v) is 1.41. The van der Waals surface area contributed by atoms with Crippen LogP contribution in [0.25, 0.3) is 0 Å². The minimum atomic E-state index is 0.106. The van der Waals surface area contributed by atoms with E-state index in [1.165, 1.54) is 5.56 Å². The van der Waals surface area contributed by atoms with Gasteiger partial charge in [-0.15, -0.1) is 0 Å². The maximum absolute atomic E-state index is 10.9. The van der Waals surface area contributed by atoms with E-state index < -0.39 is 0 Å². The summed E-state index contributed by atoms with van der Waals surface area (Å²) < 4.78 is 0. The molecular weight excluding hydrogens is 162 g/mol. The van der Waals surface area contributed by atoms with Crippen molar-refractivity contribution < 1.29 is 4.79 Å². The molecule has 0 spiro atoms. The molecule has 2 rings (SSSR count). The van der Waals surface area contributed by atoms with Crippen LogP contribution < -0.4 is 5.32 Å². The van der Waals surface area contributed by atoms with Crippen molar-refractivity contribution in [1.29, 1.82) is 0 Å². The van der Waals surface area contributed by atoms with Gasteiger partial charge in [-0.05, 0) is 24.1 Å². The summed E-state index contributed by atoms with van der Waals surface area (Å²) in [5, 5.41) is 2.80. The second kappa shape index (κ2) is 4.08. The summed E-state index contributed by atoms with van der Waals surface area (Å²) in [5.74, 6) is 0.106. The molecule has 1 amide bonds. The van der Waals surface area contributed by atoms with Crippen LogP contribution in [0, 0.1) is 6.92 Å². The molecule has 0 saturated heterocycles. The van der Waals surface area contributed by atoms with Gasteiger partial charge < -0.3 is 5.32 Å². The van der Waals surface area contributed by atoms with E-state index in [0.29, 0.717) is 6.42 Å². The molecule has 0 unspecified atom stereocenters. The molecule has 0 bridgehead atoms. The zero-order valence-electron chi connectivity index (χ0n) is 8.35. The molecule has 1 N–H and O–H groups in total. The van der Waals surface area contributed by atoms with Crippen LogP contribution >= 0.6 is 0 Å². The van der Waals surface area contributed by atoms with Crippen molar-refractivity contribution in [3.05, 3.63) is 29.3 Å². The van der Waals surface area contributed by atoms with Crippen LogP contribution in [0.4, 0.5) is 5.69 Å². The van der Waals surface area contributed by atoms with E-state index in [1.54, 1.807) is 0 Å². The number of aryl methyl sites for hydroxylation is 1. The molecule has 1 aromatic rings. The molecule has 0 saturated carbocycles. The third-order valence-corrected chi connectivity index (χ3v) is 2.02. The molecule has 0 atom stereocenters. The van der Waals surface area contributed by atoms with Crippen LogP contribution in [0.5, 0.6) is 0 Å². The predicted molar refractivity (Wildman–Crippen MR) is 54.9 cm³/mol. The van der Waals surface area contributed by atoms with Gasteiger partial charge in [0.15, 0.2) is 0 Å². The largest absolute Gasteiger partial charge is 0.326 e. The van der Waals surface area contributed by atoms with Gasteiger partial charge in [-0.3, -0.25) is 4.79 Å². The Balaban J connectivity index is 0.000000396. The Kier molecular flexibility index (Phi) is 3.07. The monoisotopic (exact) mass is 177 g/mol. The topological polar surface area (TPSA) is 29.1 Å². The standard InChI is InChI=1S/C9H9NO.C2H6/c1-6-3-2-4-8-7(6)5-9(11)10-8;1-2/h2-4H,5H2,1H3,(H,10,11);1-2H3. The van der Waals surface area contributed by atoms with E-state index in [-0.39, 0.29) is 5.91 Å². The number of benzene rings is 1. The van der Waals surface area contributed by atoms with Gasteiger partial charge in [0.25, 0.3) is 0 Å². The van der Waals surface area contributed by atoms with Crippen molar-refractivity contribution in [1.82, 2.24) is 0 Å². The second-order valence-electron chi connectivity index (χ2n) is 2.83. The summed E-state index contributed by atoms with van der Waals surface area (Å²) in [4.78, 5) is 10.9. The molecule has 2 heteroatoms. The highest BCUT2D eigenvalue weighted by atomic mass is 16.1.